The molecule has 0 amide bonds. The lowest BCUT2D eigenvalue weighted by atomic mass is 10.1. The van der Waals surface area contributed by atoms with E-state index in [1.165, 1.54) is 38.5 Å². The SMILES string of the molecule is CCCCCCCCCS(=O)c1ccncc1N. The predicted molar refractivity (Wildman–Crippen MR) is 77.9 cm³/mol. The molecular weight excluding hydrogens is 244 g/mol. The van der Waals surface area contributed by atoms with Gasteiger partial charge < -0.3 is 5.73 Å². The van der Waals surface area contributed by atoms with Crippen LogP contribution in [0.3, 0.4) is 0 Å². The molecule has 0 aliphatic heterocycles. The standard InChI is InChI=1S/C14H24N2OS/c1-2-3-4-5-6-7-8-11-18(17)14-9-10-16-12-13(14)15/h9-10,12H,2-8,11,15H2,1H3. The molecule has 0 spiro atoms. The maximum absolute atomic E-state index is 12.0. The highest BCUT2D eigenvalue weighted by atomic mass is 32.2. The molecule has 1 unspecified atom stereocenters. The summed E-state index contributed by atoms with van der Waals surface area (Å²) in [5.41, 5.74) is 6.29. The first-order valence-corrected chi connectivity index (χ1v) is 8.15. The van der Waals surface area contributed by atoms with E-state index in [4.69, 9.17) is 5.73 Å². The summed E-state index contributed by atoms with van der Waals surface area (Å²) in [7, 11) is -0.969. The zero-order valence-corrected chi connectivity index (χ0v) is 12.0. The van der Waals surface area contributed by atoms with Crippen LogP contribution in [-0.4, -0.2) is 14.9 Å². The molecular formula is C14H24N2OS. The van der Waals surface area contributed by atoms with Crippen molar-refractivity contribution >= 4 is 16.5 Å². The van der Waals surface area contributed by atoms with Crippen molar-refractivity contribution in [2.24, 2.45) is 0 Å². The molecule has 1 rings (SSSR count). The Hall–Kier alpha value is -0.900. The van der Waals surface area contributed by atoms with Crippen molar-refractivity contribution in [1.29, 1.82) is 0 Å². The Bertz CT molecular complexity index is 369. The van der Waals surface area contributed by atoms with Crippen LogP contribution in [0.4, 0.5) is 5.69 Å². The predicted octanol–water partition coefficient (Wildman–Crippen LogP) is 3.52. The molecule has 2 N–H and O–H groups in total. The molecule has 0 aliphatic carbocycles. The number of nitrogen functional groups attached to an aromatic ring is 1. The molecule has 1 aromatic heterocycles. The highest BCUT2D eigenvalue weighted by molar-refractivity contribution is 7.85. The van der Waals surface area contributed by atoms with Gasteiger partial charge in [0, 0.05) is 11.9 Å². The molecule has 102 valence electrons. The Morgan fingerprint density at radius 2 is 1.83 bits per heavy atom. The third kappa shape index (κ3) is 5.63. The minimum Gasteiger partial charge on any atom is -0.396 e. The Labute approximate surface area is 113 Å². The summed E-state index contributed by atoms with van der Waals surface area (Å²) < 4.78 is 12.0. The van der Waals surface area contributed by atoms with Crippen molar-refractivity contribution < 1.29 is 4.21 Å². The highest BCUT2D eigenvalue weighted by Gasteiger charge is 2.06. The number of hydrogen-bond donors (Lipinski definition) is 1. The van der Waals surface area contributed by atoms with E-state index in [-0.39, 0.29) is 0 Å². The molecule has 0 aromatic carbocycles. The van der Waals surface area contributed by atoms with Gasteiger partial charge in [-0.1, -0.05) is 45.4 Å². The first-order valence-electron chi connectivity index (χ1n) is 6.83. The molecule has 0 fully saturated rings. The van der Waals surface area contributed by atoms with Gasteiger partial charge in [0.25, 0.3) is 0 Å². The van der Waals surface area contributed by atoms with Crippen LogP contribution in [0.1, 0.15) is 51.9 Å². The highest BCUT2D eigenvalue weighted by Crippen LogP contribution is 2.16. The van der Waals surface area contributed by atoms with E-state index in [2.05, 4.69) is 11.9 Å². The Morgan fingerprint density at radius 3 is 2.50 bits per heavy atom. The van der Waals surface area contributed by atoms with Crippen molar-refractivity contribution in [2.75, 3.05) is 11.5 Å². The zero-order valence-electron chi connectivity index (χ0n) is 11.2. The van der Waals surface area contributed by atoms with Gasteiger partial charge in [0.1, 0.15) is 0 Å². The fourth-order valence-corrected chi connectivity index (χ4v) is 3.12. The molecule has 1 heterocycles. The van der Waals surface area contributed by atoms with E-state index in [9.17, 15) is 4.21 Å². The monoisotopic (exact) mass is 268 g/mol. The van der Waals surface area contributed by atoms with Crippen LogP contribution >= 0.6 is 0 Å². The second-order valence-electron chi connectivity index (χ2n) is 4.58. The number of nitrogens with zero attached hydrogens (tertiary/aromatic N) is 1. The first kappa shape index (κ1) is 15.2. The van der Waals surface area contributed by atoms with Gasteiger partial charge in [0.2, 0.25) is 0 Å². The topological polar surface area (TPSA) is 56.0 Å². The molecule has 18 heavy (non-hydrogen) atoms. The van der Waals surface area contributed by atoms with Gasteiger partial charge in [-0.3, -0.25) is 9.19 Å². The Balaban J connectivity index is 2.16. The molecule has 0 bridgehead atoms. The van der Waals surface area contributed by atoms with Gasteiger partial charge in [0.15, 0.2) is 0 Å². The normalized spacial score (nSPS) is 12.5. The van der Waals surface area contributed by atoms with Crippen molar-refractivity contribution in [1.82, 2.24) is 4.98 Å². The number of anilines is 1. The fourth-order valence-electron chi connectivity index (χ4n) is 1.90. The van der Waals surface area contributed by atoms with Crippen molar-refractivity contribution in [3.05, 3.63) is 18.5 Å². The van der Waals surface area contributed by atoms with Crippen molar-refractivity contribution in [3.8, 4) is 0 Å². The largest absolute Gasteiger partial charge is 0.396 e. The van der Waals surface area contributed by atoms with Gasteiger partial charge in [-0.05, 0) is 12.5 Å². The van der Waals surface area contributed by atoms with Crippen molar-refractivity contribution in [2.45, 2.75) is 56.8 Å². The van der Waals surface area contributed by atoms with E-state index in [0.29, 0.717) is 11.4 Å². The summed E-state index contributed by atoms with van der Waals surface area (Å²) in [4.78, 5) is 4.64. The van der Waals surface area contributed by atoms with Gasteiger partial charge in [-0.2, -0.15) is 0 Å². The Kier molecular flexibility index (Phi) is 7.65. The summed E-state index contributed by atoms with van der Waals surface area (Å²) in [6.07, 6.45) is 11.9. The third-order valence-electron chi connectivity index (χ3n) is 2.99. The van der Waals surface area contributed by atoms with Gasteiger partial charge in [-0.15, -0.1) is 0 Å². The summed E-state index contributed by atoms with van der Waals surface area (Å²) in [5, 5.41) is 0. The lowest BCUT2D eigenvalue weighted by Gasteiger charge is -2.05. The molecule has 0 saturated heterocycles. The number of hydrogen-bond acceptors (Lipinski definition) is 3. The minimum absolute atomic E-state index is 0.541. The fraction of sp³-hybridized carbons (Fsp3) is 0.643. The van der Waals surface area contributed by atoms with E-state index >= 15 is 0 Å². The molecule has 3 nitrogen and oxygen atoms in total. The van der Waals surface area contributed by atoms with E-state index < -0.39 is 10.8 Å². The van der Waals surface area contributed by atoms with Crippen LogP contribution in [0.15, 0.2) is 23.4 Å². The van der Waals surface area contributed by atoms with Crippen LogP contribution in [-0.2, 0) is 10.8 Å². The number of pyridine rings is 1. The number of rotatable bonds is 9. The second kappa shape index (κ2) is 9.09. The lowest BCUT2D eigenvalue weighted by Crippen LogP contribution is -2.02. The van der Waals surface area contributed by atoms with Gasteiger partial charge in [0.05, 0.1) is 27.6 Å². The van der Waals surface area contributed by atoms with E-state index in [1.807, 2.05) is 0 Å². The quantitative estimate of drug-likeness (QED) is 0.697. The molecule has 1 aromatic rings. The maximum atomic E-state index is 12.0. The summed E-state index contributed by atoms with van der Waals surface area (Å²) in [6, 6.07) is 1.76. The summed E-state index contributed by atoms with van der Waals surface area (Å²) in [5.74, 6) is 0.710. The molecule has 1 atom stereocenters. The number of aromatic nitrogens is 1. The van der Waals surface area contributed by atoms with Gasteiger partial charge >= 0.3 is 0 Å². The van der Waals surface area contributed by atoms with E-state index in [1.54, 1.807) is 18.5 Å². The third-order valence-corrected chi connectivity index (χ3v) is 4.51. The molecule has 4 heteroatoms. The van der Waals surface area contributed by atoms with Crippen molar-refractivity contribution in [3.63, 3.8) is 0 Å². The Morgan fingerprint density at radius 1 is 1.17 bits per heavy atom. The average Bonchev–Trinajstić information content (AvgIpc) is 2.38. The number of nitrogens with two attached hydrogens (primary N) is 1. The van der Waals surface area contributed by atoms with Crippen LogP contribution in [0.2, 0.25) is 0 Å². The van der Waals surface area contributed by atoms with Crippen LogP contribution < -0.4 is 5.73 Å². The van der Waals surface area contributed by atoms with Crippen LogP contribution in [0, 0.1) is 0 Å². The van der Waals surface area contributed by atoms with Crippen LogP contribution in [0.5, 0.6) is 0 Å². The lowest BCUT2D eigenvalue weighted by molar-refractivity contribution is 0.601. The molecule has 0 saturated carbocycles. The zero-order chi connectivity index (χ0) is 13.2. The van der Waals surface area contributed by atoms with E-state index in [0.717, 1.165) is 11.3 Å². The van der Waals surface area contributed by atoms with Gasteiger partial charge in [-0.25, -0.2) is 0 Å². The smallest absolute Gasteiger partial charge is 0.0664 e. The molecule has 0 aliphatic rings. The second-order valence-corrected chi connectivity index (χ2v) is 6.12. The first-order chi connectivity index (χ1) is 8.75. The summed E-state index contributed by atoms with van der Waals surface area (Å²) in [6.45, 7) is 2.22. The minimum atomic E-state index is -0.969. The molecule has 0 radical (unpaired) electrons. The average molecular weight is 268 g/mol. The van der Waals surface area contributed by atoms with Crippen LogP contribution in [0.25, 0.3) is 0 Å². The number of unbranched alkanes of at least 4 members (excludes halogenated alkanes) is 6. The maximum Gasteiger partial charge on any atom is 0.0664 e. The summed E-state index contributed by atoms with van der Waals surface area (Å²) >= 11 is 0.